The molecule has 0 aromatic heterocycles. The van der Waals surface area contributed by atoms with Gasteiger partial charge in [-0.1, -0.05) is 19.9 Å². The van der Waals surface area contributed by atoms with Gasteiger partial charge in [0.2, 0.25) is 0 Å². The van der Waals surface area contributed by atoms with Crippen LogP contribution >= 0.6 is 0 Å². The van der Waals surface area contributed by atoms with Crippen LogP contribution in [-0.2, 0) is 4.79 Å². The van der Waals surface area contributed by atoms with Gasteiger partial charge in [0.25, 0.3) is 0 Å². The highest BCUT2D eigenvalue weighted by molar-refractivity contribution is 5.75. The smallest absolute Gasteiger partial charge is 0.129 e. The number of hydrogen-bond acceptors (Lipinski definition) is 1. The van der Waals surface area contributed by atoms with Crippen LogP contribution < -0.4 is 0 Å². The normalized spacial score (nSPS) is 15.9. The van der Waals surface area contributed by atoms with E-state index < -0.39 is 0 Å². The van der Waals surface area contributed by atoms with Gasteiger partial charge in [-0.25, -0.2) is 0 Å². The van der Waals surface area contributed by atoms with Gasteiger partial charge in [-0.05, 0) is 37.5 Å². The quantitative estimate of drug-likeness (QED) is 0.448. The second-order valence-corrected chi connectivity index (χ2v) is 4.74. The summed E-state index contributed by atoms with van der Waals surface area (Å²) in [5.41, 5.74) is 0. The van der Waals surface area contributed by atoms with E-state index in [4.69, 9.17) is 6.42 Å². The molecule has 0 N–H and O–H groups in total. The number of ketones is 1. The molecule has 0 aliphatic carbocycles. The van der Waals surface area contributed by atoms with Crippen molar-refractivity contribution in [1.82, 2.24) is 0 Å². The molecule has 0 aliphatic heterocycles. The number of hydrogen-bond donors (Lipinski definition) is 0. The lowest BCUT2D eigenvalue weighted by molar-refractivity contribution is -0.117. The molecule has 0 saturated heterocycles. The summed E-state index contributed by atoms with van der Waals surface area (Å²) in [6.45, 7) is 9.87. The summed E-state index contributed by atoms with van der Waals surface area (Å²) < 4.78 is 0. The molecule has 0 aromatic rings. The van der Waals surface area contributed by atoms with Crippen LogP contribution in [0.5, 0.6) is 0 Å². The van der Waals surface area contributed by atoms with Gasteiger partial charge in [-0.15, -0.1) is 18.9 Å². The average Bonchev–Trinajstić information content (AvgIpc) is 2.23. The van der Waals surface area contributed by atoms with E-state index in [1.54, 1.807) is 6.92 Å². The van der Waals surface area contributed by atoms with Crippen molar-refractivity contribution in [3.05, 3.63) is 12.7 Å². The molecule has 0 heterocycles. The molecule has 1 nitrogen and oxygen atoms in total. The highest BCUT2D eigenvalue weighted by atomic mass is 16.1. The van der Waals surface area contributed by atoms with Gasteiger partial charge in [-0.3, -0.25) is 0 Å². The molecular weight excluding hydrogens is 196 g/mol. The molecule has 3 atom stereocenters. The fourth-order valence-electron chi connectivity index (χ4n) is 2.16. The van der Waals surface area contributed by atoms with E-state index in [1.807, 2.05) is 6.08 Å². The Balaban J connectivity index is 4.26. The summed E-state index contributed by atoms with van der Waals surface area (Å²) in [4.78, 5) is 10.9. The average molecular weight is 220 g/mol. The topological polar surface area (TPSA) is 17.1 Å². The fraction of sp³-hybridized carbons (Fsp3) is 0.667. The van der Waals surface area contributed by atoms with Crippen LogP contribution in [-0.4, -0.2) is 5.78 Å². The Morgan fingerprint density at radius 1 is 1.50 bits per heavy atom. The molecule has 0 bridgehead atoms. The summed E-state index contributed by atoms with van der Waals surface area (Å²) in [7, 11) is 0. The van der Waals surface area contributed by atoms with Gasteiger partial charge < -0.3 is 4.79 Å². The first kappa shape index (κ1) is 15.0. The minimum absolute atomic E-state index is 0.273. The second kappa shape index (κ2) is 8.16. The maximum absolute atomic E-state index is 10.9. The van der Waals surface area contributed by atoms with Crippen molar-refractivity contribution in [2.24, 2.45) is 17.8 Å². The van der Waals surface area contributed by atoms with Crippen LogP contribution in [0.3, 0.4) is 0 Å². The summed E-state index contributed by atoms with van der Waals surface area (Å²) in [5.74, 6) is 4.52. The van der Waals surface area contributed by atoms with E-state index in [0.717, 1.165) is 19.3 Å². The van der Waals surface area contributed by atoms with Gasteiger partial charge in [0.05, 0.1) is 0 Å². The summed E-state index contributed by atoms with van der Waals surface area (Å²) in [5, 5.41) is 0. The van der Waals surface area contributed by atoms with Crippen molar-refractivity contribution in [1.29, 1.82) is 0 Å². The van der Waals surface area contributed by atoms with Crippen LogP contribution in [0.4, 0.5) is 0 Å². The lowest BCUT2D eigenvalue weighted by Gasteiger charge is -2.26. The first-order valence-corrected chi connectivity index (χ1v) is 6.08. The van der Waals surface area contributed by atoms with E-state index >= 15 is 0 Å². The molecule has 0 aliphatic rings. The zero-order chi connectivity index (χ0) is 12.6. The van der Waals surface area contributed by atoms with Crippen molar-refractivity contribution in [2.75, 3.05) is 0 Å². The molecule has 0 rings (SSSR count). The fourth-order valence-corrected chi connectivity index (χ4v) is 2.16. The molecule has 1 heteroatoms. The second-order valence-electron chi connectivity index (χ2n) is 4.74. The zero-order valence-corrected chi connectivity index (χ0v) is 10.8. The molecule has 0 amide bonds. The number of rotatable bonds is 8. The van der Waals surface area contributed by atoms with Crippen LogP contribution in [0.25, 0.3) is 0 Å². The largest absolute Gasteiger partial charge is 0.300 e. The number of Topliss-reactive ketones (excluding diaryl/α,β-unsaturated/α-hetero) is 1. The molecule has 0 unspecified atom stereocenters. The third kappa shape index (κ3) is 5.75. The van der Waals surface area contributed by atoms with E-state index in [2.05, 4.69) is 26.3 Å². The number of carbonyl (C=O) groups excluding carboxylic acids is 1. The lowest BCUT2D eigenvalue weighted by atomic mass is 9.78. The van der Waals surface area contributed by atoms with Gasteiger partial charge in [-0.2, -0.15) is 0 Å². The first-order chi connectivity index (χ1) is 7.52. The number of allylic oxidation sites excluding steroid dienone is 1. The summed E-state index contributed by atoms with van der Waals surface area (Å²) >= 11 is 0. The van der Waals surface area contributed by atoms with E-state index in [-0.39, 0.29) is 5.78 Å². The van der Waals surface area contributed by atoms with Gasteiger partial charge >= 0.3 is 0 Å². The van der Waals surface area contributed by atoms with Crippen molar-refractivity contribution in [2.45, 2.75) is 46.5 Å². The van der Waals surface area contributed by atoms with Crippen LogP contribution in [0, 0.1) is 30.1 Å². The zero-order valence-electron chi connectivity index (χ0n) is 10.8. The molecule has 0 radical (unpaired) electrons. The molecule has 0 aromatic carbocycles. The lowest BCUT2D eigenvalue weighted by Crippen LogP contribution is -2.18. The molecule has 0 saturated carbocycles. The Hall–Kier alpha value is -1.03. The molecule has 0 spiro atoms. The van der Waals surface area contributed by atoms with Crippen molar-refractivity contribution >= 4 is 5.78 Å². The van der Waals surface area contributed by atoms with Crippen molar-refractivity contribution in [3.63, 3.8) is 0 Å². The standard InChI is InChI=1S/C15H24O/c1-6-9-13(4)15(12(3)7-2)11-8-10-14(5)16/h1,7,12-13,15H,2,8-11H2,3-5H3/t12-,13-,15-/m1/s1. The van der Waals surface area contributed by atoms with Crippen molar-refractivity contribution < 1.29 is 4.79 Å². The number of carbonyl (C=O) groups is 1. The van der Waals surface area contributed by atoms with Gasteiger partial charge in [0.15, 0.2) is 0 Å². The minimum atomic E-state index is 0.273. The monoisotopic (exact) mass is 220 g/mol. The van der Waals surface area contributed by atoms with E-state index in [9.17, 15) is 4.79 Å². The van der Waals surface area contributed by atoms with E-state index in [1.165, 1.54) is 0 Å². The first-order valence-electron chi connectivity index (χ1n) is 6.08. The highest BCUT2D eigenvalue weighted by Crippen LogP contribution is 2.29. The predicted octanol–water partition coefficient (Wildman–Crippen LogP) is 3.84. The maximum Gasteiger partial charge on any atom is 0.129 e. The molecule has 16 heavy (non-hydrogen) atoms. The maximum atomic E-state index is 10.9. The Kier molecular flexibility index (Phi) is 7.64. The van der Waals surface area contributed by atoms with Crippen molar-refractivity contribution in [3.8, 4) is 12.3 Å². The predicted molar refractivity (Wildman–Crippen MR) is 70.0 cm³/mol. The molecule has 90 valence electrons. The minimum Gasteiger partial charge on any atom is -0.300 e. The van der Waals surface area contributed by atoms with Crippen LogP contribution in [0.2, 0.25) is 0 Å². The Bertz CT molecular complexity index is 259. The van der Waals surface area contributed by atoms with Gasteiger partial charge in [0.1, 0.15) is 5.78 Å². The van der Waals surface area contributed by atoms with Crippen LogP contribution in [0.1, 0.15) is 46.5 Å². The third-order valence-corrected chi connectivity index (χ3v) is 3.28. The third-order valence-electron chi connectivity index (χ3n) is 3.28. The number of terminal acetylenes is 1. The Morgan fingerprint density at radius 3 is 2.56 bits per heavy atom. The summed E-state index contributed by atoms with van der Waals surface area (Å²) in [6.07, 6.45) is 10.9. The Morgan fingerprint density at radius 2 is 2.12 bits per heavy atom. The van der Waals surface area contributed by atoms with E-state index in [0.29, 0.717) is 24.2 Å². The van der Waals surface area contributed by atoms with Crippen LogP contribution in [0.15, 0.2) is 12.7 Å². The molecule has 0 fully saturated rings. The van der Waals surface area contributed by atoms with Gasteiger partial charge in [0, 0.05) is 12.8 Å². The Labute approximate surface area is 100 Å². The SMILES string of the molecule is C#CC[C@@H](C)[C@H](CCCC(C)=O)[C@H](C)C=C. The highest BCUT2D eigenvalue weighted by Gasteiger charge is 2.20. The molecular formula is C15H24O. The summed E-state index contributed by atoms with van der Waals surface area (Å²) in [6, 6.07) is 0.